The molecular formula is C17H34N2O2. The molecule has 4 heteroatoms. The first-order chi connectivity index (χ1) is 10.0. The van der Waals surface area contributed by atoms with Crippen LogP contribution in [0.3, 0.4) is 0 Å². The van der Waals surface area contributed by atoms with E-state index in [0.29, 0.717) is 17.3 Å². The van der Waals surface area contributed by atoms with Gasteiger partial charge in [0.2, 0.25) is 0 Å². The fourth-order valence-electron chi connectivity index (χ4n) is 3.66. The largest absolute Gasteiger partial charge is 0.393 e. The Bertz CT molecular complexity index is 293. The van der Waals surface area contributed by atoms with E-state index in [1.807, 2.05) is 6.92 Å². The normalized spacial score (nSPS) is 30.1. The molecule has 2 unspecified atom stereocenters. The Labute approximate surface area is 130 Å². The van der Waals surface area contributed by atoms with Crippen LogP contribution < -0.4 is 5.32 Å². The van der Waals surface area contributed by atoms with E-state index < -0.39 is 0 Å². The molecular weight excluding hydrogens is 264 g/mol. The van der Waals surface area contributed by atoms with Gasteiger partial charge in [0.25, 0.3) is 0 Å². The van der Waals surface area contributed by atoms with Crippen LogP contribution in [0.2, 0.25) is 0 Å². The van der Waals surface area contributed by atoms with Crippen LogP contribution in [0.25, 0.3) is 0 Å². The highest BCUT2D eigenvalue weighted by atomic mass is 16.5. The lowest BCUT2D eigenvalue weighted by molar-refractivity contribution is 0.0474. The van der Waals surface area contributed by atoms with E-state index in [1.165, 1.54) is 6.42 Å². The van der Waals surface area contributed by atoms with Crippen LogP contribution in [-0.2, 0) is 4.74 Å². The fraction of sp³-hybridized carbons (Fsp3) is 1.00. The number of aliphatic hydroxyl groups excluding tert-OH is 1. The van der Waals surface area contributed by atoms with Crippen molar-refractivity contribution in [2.45, 2.75) is 46.1 Å². The summed E-state index contributed by atoms with van der Waals surface area (Å²) in [6.07, 6.45) is 3.29. The van der Waals surface area contributed by atoms with Gasteiger partial charge in [-0.3, -0.25) is 0 Å². The summed E-state index contributed by atoms with van der Waals surface area (Å²) in [5.41, 5.74) is 0.298. The van der Waals surface area contributed by atoms with Gasteiger partial charge in [-0.05, 0) is 57.7 Å². The van der Waals surface area contributed by atoms with E-state index >= 15 is 0 Å². The fourth-order valence-corrected chi connectivity index (χ4v) is 3.66. The molecule has 21 heavy (non-hydrogen) atoms. The molecule has 2 aliphatic heterocycles. The minimum atomic E-state index is -0.149. The van der Waals surface area contributed by atoms with Crippen molar-refractivity contribution in [3.63, 3.8) is 0 Å². The maximum absolute atomic E-state index is 9.72. The molecule has 0 radical (unpaired) electrons. The van der Waals surface area contributed by atoms with E-state index in [4.69, 9.17) is 4.74 Å². The van der Waals surface area contributed by atoms with Gasteiger partial charge in [0.1, 0.15) is 0 Å². The Morgan fingerprint density at radius 3 is 2.52 bits per heavy atom. The quantitative estimate of drug-likeness (QED) is 0.751. The molecule has 2 N–H and O–H groups in total. The predicted octanol–water partition coefficient (Wildman–Crippen LogP) is 1.73. The molecule has 2 rings (SSSR count). The van der Waals surface area contributed by atoms with Crippen molar-refractivity contribution in [2.75, 3.05) is 45.9 Å². The second-order valence-corrected chi connectivity index (χ2v) is 7.68. The van der Waals surface area contributed by atoms with E-state index in [1.54, 1.807) is 0 Å². The van der Waals surface area contributed by atoms with Crippen LogP contribution in [0.15, 0.2) is 0 Å². The Morgan fingerprint density at radius 1 is 1.29 bits per heavy atom. The molecule has 0 aliphatic carbocycles. The lowest BCUT2D eigenvalue weighted by Gasteiger charge is -2.39. The molecule has 0 spiro atoms. The lowest BCUT2D eigenvalue weighted by Crippen LogP contribution is -2.48. The number of nitrogens with zero attached hydrogens (tertiary/aromatic N) is 1. The minimum Gasteiger partial charge on any atom is -0.393 e. The monoisotopic (exact) mass is 298 g/mol. The zero-order valence-corrected chi connectivity index (χ0v) is 14.1. The summed E-state index contributed by atoms with van der Waals surface area (Å²) in [5, 5.41) is 13.4. The number of hydrogen-bond acceptors (Lipinski definition) is 4. The summed E-state index contributed by atoms with van der Waals surface area (Å²) in [6, 6.07) is 0. The van der Waals surface area contributed by atoms with Crippen molar-refractivity contribution in [2.24, 2.45) is 17.3 Å². The van der Waals surface area contributed by atoms with Crippen LogP contribution in [0.5, 0.6) is 0 Å². The van der Waals surface area contributed by atoms with Crippen LogP contribution in [0.4, 0.5) is 0 Å². The van der Waals surface area contributed by atoms with Gasteiger partial charge in [-0.2, -0.15) is 0 Å². The van der Waals surface area contributed by atoms with Crippen molar-refractivity contribution in [1.29, 1.82) is 0 Å². The van der Waals surface area contributed by atoms with Crippen molar-refractivity contribution in [1.82, 2.24) is 10.2 Å². The van der Waals surface area contributed by atoms with Crippen molar-refractivity contribution in [3.05, 3.63) is 0 Å². The van der Waals surface area contributed by atoms with Crippen LogP contribution in [-0.4, -0.2) is 62.0 Å². The number of aliphatic hydroxyl groups is 1. The second kappa shape index (κ2) is 7.91. The lowest BCUT2D eigenvalue weighted by atomic mass is 9.84. The first-order valence-corrected chi connectivity index (χ1v) is 8.70. The van der Waals surface area contributed by atoms with E-state index in [2.05, 4.69) is 24.1 Å². The van der Waals surface area contributed by atoms with Gasteiger partial charge < -0.3 is 20.1 Å². The van der Waals surface area contributed by atoms with Crippen molar-refractivity contribution < 1.29 is 9.84 Å². The zero-order chi connectivity index (χ0) is 15.3. The number of piperidine rings is 1. The Kier molecular flexibility index (Phi) is 6.48. The maximum atomic E-state index is 9.72. The smallest absolute Gasteiger partial charge is 0.0547 e. The summed E-state index contributed by atoms with van der Waals surface area (Å²) in [5.74, 6) is 1.20. The topological polar surface area (TPSA) is 44.7 Å². The van der Waals surface area contributed by atoms with Crippen LogP contribution in [0, 0.1) is 17.3 Å². The highest BCUT2D eigenvalue weighted by Crippen LogP contribution is 2.31. The molecule has 2 atom stereocenters. The van der Waals surface area contributed by atoms with Gasteiger partial charge in [0.15, 0.2) is 0 Å². The van der Waals surface area contributed by atoms with E-state index in [9.17, 15) is 5.11 Å². The van der Waals surface area contributed by atoms with Gasteiger partial charge >= 0.3 is 0 Å². The molecule has 2 heterocycles. The summed E-state index contributed by atoms with van der Waals surface area (Å²) in [6.45, 7) is 13.8. The number of hydrogen-bond donors (Lipinski definition) is 2. The van der Waals surface area contributed by atoms with Gasteiger partial charge in [-0.15, -0.1) is 0 Å². The first-order valence-electron chi connectivity index (χ1n) is 8.70. The average Bonchev–Trinajstić information content (AvgIpc) is 2.87. The van der Waals surface area contributed by atoms with Crippen LogP contribution >= 0.6 is 0 Å². The molecule has 0 bridgehead atoms. The van der Waals surface area contributed by atoms with Gasteiger partial charge in [-0.1, -0.05) is 13.8 Å². The van der Waals surface area contributed by atoms with E-state index in [-0.39, 0.29) is 6.10 Å². The molecule has 0 saturated carbocycles. The molecule has 0 aromatic heterocycles. The Balaban J connectivity index is 1.80. The number of rotatable bonds is 7. The molecule has 0 aromatic carbocycles. The molecule has 4 nitrogen and oxygen atoms in total. The molecule has 2 aliphatic rings. The standard InChI is InChI=1S/C17H34N2O2/c1-14(2)10-18-11-17(6-9-21-13-17)12-19-7-4-16(5-8-19)15(3)20/h14-16,18,20H,4-13H2,1-3H3. The first kappa shape index (κ1) is 17.2. The molecule has 2 saturated heterocycles. The summed E-state index contributed by atoms with van der Waals surface area (Å²) >= 11 is 0. The van der Waals surface area contributed by atoms with E-state index in [0.717, 1.165) is 58.8 Å². The summed E-state index contributed by atoms with van der Waals surface area (Å²) < 4.78 is 5.71. The average molecular weight is 298 g/mol. The third-order valence-corrected chi connectivity index (χ3v) is 5.11. The molecule has 0 amide bonds. The molecule has 0 aromatic rings. The minimum absolute atomic E-state index is 0.149. The van der Waals surface area contributed by atoms with Crippen molar-refractivity contribution in [3.8, 4) is 0 Å². The van der Waals surface area contributed by atoms with Gasteiger partial charge in [0.05, 0.1) is 12.7 Å². The number of likely N-dealkylation sites (tertiary alicyclic amines) is 1. The SMILES string of the molecule is CC(C)CNCC1(CN2CCC(C(C)O)CC2)CCOC1. The highest BCUT2D eigenvalue weighted by molar-refractivity contribution is 4.90. The third kappa shape index (κ3) is 5.20. The second-order valence-electron chi connectivity index (χ2n) is 7.68. The zero-order valence-electron chi connectivity index (χ0n) is 14.1. The van der Waals surface area contributed by atoms with Crippen molar-refractivity contribution >= 4 is 0 Å². The Hall–Kier alpha value is -0.160. The number of nitrogens with one attached hydrogen (secondary N) is 1. The summed E-state index contributed by atoms with van der Waals surface area (Å²) in [7, 11) is 0. The van der Waals surface area contributed by atoms with Crippen LogP contribution in [0.1, 0.15) is 40.0 Å². The molecule has 124 valence electrons. The maximum Gasteiger partial charge on any atom is 0.0547 e. The highest BCUT2D eigenvalue weighted by Gasteiger charge is 2.37. The summed E-state index contributed by atoms with van der Waals surface area (Å²) in [4.78, 5) is 2.59. The Morgan fingerprint density at radius 2 is 2.00 bits per heavy atom. The molecule has 2 fully saturated rings. The van der Waals surface area contributed by atoms with Gasteiger partial charge in [0, 0.05) is 25.1 Å². The number of ether oxygens (including phenoxy) is 1. The van der Waals surface area contributed by atoms with Gasteiger partial charge in [-0.25, -0.2) is 0 Å². The predicted molar refractivity (Wildman–Crippen MR) is 86.4 cm³/mol. The third-order valence-electron chi connectivity index (χ3n) is 5.11.